The highest BCUT2D eigenvalue weighted by atomic mass is 15.3. The average Bonchev–Trinajstić information content (AvgIpc) is 2.51. The van der Waals surface area contributed by atoms with E-state index in [0.717, 1.165) is 25.0 Å². The Morgan fingerprint density at radius 2 is 2.31 bits per heavy atom. The van der Waals surface area contributed by atoms with Gasteiger partial charge in [0.2, 0.25) is 0 Å². The lowest BCUT2D eigenvalue weighted by atomic mass is 9.80. The summed E-state index contributed by atoms with van der Waals surface area (Å²) in [6.07, 6.45) is 4.22. The second-order valence-electron chi connectivity index (χ2n) is 4.17. The largest absolute Gasteiger partial charge is 0.354 e. The van der Waals surface area contributed by atoms with Gasteiger partial charge in [0, 0.05) is 19.6 Å². The summed E-state index contributed by atoms with van der Waals surface area (Å²) in [5.74, 6) is 1.99. The van der Waals surface area contributed by atoms with Crippen LogP contribution < -0.4 is 5.32 Å². The molecule has 1 heterocycles. The lowest BCUT2D eigenvalue weighted by molar-refractivity contribution is 0.183. The summed E-state index contributed by atoms with van der Waals surface area (Å²) in [5, 5.41) is 3.32. The number of guanidine groups is 1. The molecule has 1 unspecified atom stereocenters. The predicted molar refractivity (Wildman–Crippen MR) is 54.9 cm³/mol. The monoisotopic (exact) mass is 181 g/mol. The Hall–Kier alpha value is -0.730. The van der Waals surface area contributed by atoms with E-state index in [0.29, 0.717) is 6.04 Å². The zero-order chi connectivity index (χ0) is 9.26. The van der Waals surface area contributed by atoms with E-state index in [9.17, 15) is 0 Å². The van der Waals surface area contributed by atoms with Crippen LogP contribution in [0.5, 0.6) is 0 Å². The Labute approximate surface area is 80.2 Å². The van der Waals surface area contributed by atoms with Crippen molar-refractivity contribution in [2.24, 2.45) is 10.9 Å². The number of aliphatic imine (C=N–C) groups is 1. The first kappa shape index (κ1) is 8.85. The van der Waals surface area contributed by atoms with Gasteiger partial charge in [-0.2, -0.15) is 0 Å². The molecule has 3 nitrogen and oxygen atoms in total. The second kappa shape index (κ2) is 3.56. The molecule has 2 rings (SSSR count). The van der Waals surface area contributed by atoms with E-state index in [2.05, 4.69) is 29.2 Å². The molecule has 1 aliphatic carbocycles. The standard InChI is InChI=1S/C10H19N3/c1-8(9-4-3-5-9)13(2)10-11-6-7-12-10/h8-9H,3-7H2,1-2H3,(H,11,12). The Morgan fingerprint density at radius 1 is 1.54 bits per heavy atom. The van der Waals surface area contributed by atoms with Crippen LogP contribution in [0.1, 0.15) is 26.2 Å². The summed E-state index contributed by atoms with van der Waals surface area (Å²) in [4.78, 5) is 6.73. The number of nitrogens with zero attached hydrogens (tertiary/aromatic N) is 2. The first-order valence-electron chi connectivity index (χ1n) is 5.30. The van der Waals surface area contributed by atoms with Crippen molar-refractivity contribution in [3.63, 3.8) is 0 Å². The molecule has 0 saturated heterocycles. The summed E-state index contributed by atoms with van der Waals surface area (Å²) in [6.45, 7) is 4.26. The molecule has 0 radical (unpaired) electrons. The zero-order valence-corrected chi connectivity index (χ0v) is 8.58. The molecule has 1 aliphatic heterocycles. The van der Waals surface area contributed by atoms with Crippen molar-refractivity contribution in [1.29, 1.82) is 0 Å². The molecule has 1 atom stereocenters. The van der Waals surface area contributed by atoms with Gasteiger partial charge < -0.3 is 10.2 Å². The SMILES string of the molecule is CC(C1CCC1)N(C)C1=NCCN1. The Bertz CT molecular complexity index is 208. The molecule has 1 saturated carbocycles. The molecule has 1 fully saturated rings. The Balaban J connectivity index is 1.90. The maximum absolute atomic E-state index is 4.43. The van der Waals surface area contributed by atoms with E-state index in [1.54, 1.807) is 0 Å². The average molecular weight is 181 g/mol. The van der Waals surface area contributed by atoms with Crippen molar-refractivity contribution >= 4 is 5.96 Å². The molecule has 0 aromatic rings. The number of hydrogen-bond acceptors (Lipinski definition) is 3. The number of hydrogen-bond donors (Lipinski definition) is 1. The molecular weight excluding hydrogens is 162 g/mol. The summed E-state index contributed by atoms with van der Waals surface area (Å²) in [5.41, 5.74) is 0. The smallest absolute Gasteiger partial charge is 0.194 e. The minimum atomic E-state index is 0.651. The van der Waals surface area contributed by atoms with Gasteiger partial charge in [-0.05, 0) is 25.7 Å². The van der Waals surface area contributed by atoms with E-state index in [1.165, 1.54) is 19.3 Å². The topological polar surface area (TPSA) is 27.6 Å². The van der Waals surface area contributed by atoms with Crippen LogP contribution in [0.25, 0.3) is 0 Å². The lowest BCUT2D eigenvalue weighted by Crippen LogP contribution is -2.46. The fourth-order valence-corrected chi connectivity index (χ4v) is 2.05. The highest BCUT2D eigenvalue weighted by Gasteiger charge is 2.28. The third-order valence-corrected chi connectivity index (χ3v) is 3.43. The van der Waals surface area contributed by atoms with Gasteiger partial charge in [-0.3, -0.25) is 4.99 Å². The summed E-state index contributed by atoms with van der Waals surface area (Å²) < 4.78 is 0. The van der Waals surface area contributed by atoms with Crippen LogP contribution in [0.3, 0.4) is 0 Å². The van der Waals surface area contributed by atoms with Crippen LogP contribution >= 0.6 is 0 Å². The molecule has 74 valence electrons. The third kappa shape index (κ3) is 1.64. The molecule has 2 aliphatic rings. The van der Waals surface area contributed by atoms with E-state index < -0.39 is 0 Å². The first-order chi connectivity index (χ1) is 6.29. The Morgan fingerprint density at radius 3 is 2.77 bits per heavy atom. The maximum Gasteiger partial charge on any atom is 0.194 e. The fourth-order valence-electron chi connectivity index (χ4n) is 2.05. The molecular formula is C10H19N3. The minimum Gasteiger partial charge on any atom is -0.354 e. The van der Waals surface area contributed by atoms with Crippen LogP contribution in [0.15, 0.2) is 4.99 Å². The van der Waals surface area contributed by atoms with Crippen molar-refractivity contribution in [3.8, 4) is 0 Å². The van der Waals surface area contributed by atoms with Gasteiger partial charge in [0.15, 0.2) is 5.96 Å². The van der Waals surface area contributed by atoms with Gasteiger partial charge in [-0.15, -0.1) is 0 Å². The highest BCUT2D eigenvalue weighted by Crippen LogP contribution is 2.31. The fraction of sp³-hybridized carbons (Fsp3) is 0.900. The molecule has 0 spiro atoms. The third-order valence-electron chi connectivity index (χ3n) is 3.43. The molecule has 0 aromatic heterocycles. The van der Waals surface area contributed by atoms with Crippen LogP contribution in [0.2, 0.25) is 0 Å². The number of nitrogens with one attached hydrogen (secondary N) is 1. The van der Waals surface area contributed by atoms with Crippen molar-refractivity contribution in [1.82, 2.24) is 10.2 Å². The predicted octanol–water partition coefficient (Wildman–Crippen LogP) is 1.07. The van der Waals surface area contributed by atoms with Crippen LogP contribution in [0, 0.1) is 5.92 Å². The van der Waals surface area contributed by atoms with E-state index in [4.69, 9.17) is 0 Å². The molecule has 0 bridgehead atoms. The van der Waals surface area contributed by atoms with Gasteiger partial charge in [-0.25, -0.2) is 0 Å². The molecule has 0 amide bonds. The molecule has 3 heteroatoms. The maximum atomic E-state index is 4.43. The summed E-state index contributed by atoms with van der Waals surface area (Å²) in [6, 6.07) is 0.651. The minimum absolute atomic E-state index is 0.651. The van der Waals surface area contributed by atoms with Crippen molar-refractivity contribution in [2.75, 3.05) is 20.1 Å². The second-order valence-corrected chi connectivity index (χ2v) is 4.17. The van der Waals surface area contributed by atoms with Crippen molar-refractivity contribution in [3.05, 3.63) is 0 Å². The number of rotatable bonds is 2. The lowest BCUT2D eigenvalue weighted by Gasteiger charge is -2.38. The summed E-state index contributed by atoms with van der Waals surface area (Å²) >= 11 is 0. The van der Waals surface area contributed by atoms with Gasteiger partial charge >= 0.3 is 0 Å². The van der Waals surface area contributed by atoms with Crippen LogP contribution in [-0.4, -0.2) is 37.0 Å². The van der Waals surface area contributed by atoms with Gasteiger partial charge in [0.25, 0.3) is 0 Å². The van der Waals surface area contributed by atoms with Crippen LogP contribution in [-0.2, 0) is 0 Å². The normalized spacial score (nSPS) is 24.6. The van der Waals surface area contributed by atoms with Gasteiger partial charge in [0.1, 0.15) is 0 Å². The molecule has 1 N–H and O–H groups in total. The molecule has 13 heavy (non-hydrogen) atoms. The van der Waals surface area contributed by atoms with E-state index in [1.807, 2.05) is 0 Å². The van der Waals surface area contributed by atoms with Crippen LogP contribution in [0.4, 0.5) is 0 Å². The summed E-state index contributed by atoms with van der Waals surface area (Å²) in [7, 11) is 2.15. The zero-order valence-electron chi connectivity index (χ0n) is 8.58. The first-order valence-corrected chi connectivity index (χ1v) is 5.30. The Kier molecular flexibility index (Phi) is 2.42. The quantitative estimate of drug-likeness (QED) is 0.690. The highest BCUT2D eigenvalue weighted by molar-refractivity contribution is 5.81. The van der Waals surface area contributed by atoms with E-state index in [-0.39, 0.29) is 0 Å². The molecule has 0 aromatic carbocycles. The van der Waals surface area contributed by atoms with Crippen molar-refractivity contribution in [2.45, 2.75) is 32.2 Å². The van der Waals surface area contributed by atoms with Crippen molar-refractivity contribution < 1.29 is 0 Å². The van der Waals surface area contributed by atoms with Gasteiger partial charge in [-0.1, -0.05) is 6.42 Å². The van der Waals surface area contributed by atoms with E-state index >= 15 is 0 Å². The van der Waals surface area contributed by atoms with Gasteiger partial charge in [0.05, 0.1) is 6.54 Å².